The summed E-state index contributed by atoms with van der Waals surface area (Å²) in [7, 11) is -7.23. The fraction of sp³-hybridized carbons (Fsp3) is 0.286. The molecular formula is C42H42Cl2F2N6O4S4. The first-order chi connectivity index (χ1) is 28.6. The van der Waals surface area contributed by atoms with Crippen molar-refractivity contribution in [3.63, 3.8) is 0 Å². The Balaban J connectivity index is 0.000000181. The van der Waals surface area contributed by atoms with Crippen LogP contribution in [0.1, 0.15) is 33.6 Å². The lowest BCUT2D eigenvalue weighted by molar-refractivity contribution is 0.384. The van der Waals surface area contributed by atoms with Gasteiger partial charge in [0.25, 0.3) is 0 Å². The maximum Gasteiger partial charge on any atom is 0.243 e. The number of sulfonamides is 2. The Morgan fingerprint density at radius 1 is 0.550 bits per heavy atom. The maximum absolute atomic E-state index is 13.1. The van der Waals surface area contributed by atoms with E-state index < -0.39 is 31.7 Å². The number of hydrogen-bond acceptors (Lipinski definition) is 10. The number of hydrogen-bond donors (Lipinski definition) is 0. The van der Waals surface area contributed by atoms with Gasteiger partial charge in [-0.3, -0.25) is 0 Å². The highest BCUT2D eigenvalue weighted by Crippen LogP contribution is 2.29. The molecule has 10 nitrogen and oxygen atoms in total. The quantitative estimate of drug-likeness (QED) is 0.134. The summed E-state index contributed by atoms with van der Waals surface area (Å²) in [5.41, 5.74) is 6.78. The van der Waals surface area contributed by atoms with Gasteiger partial charge in [0.1, 0.15) is 11.6 Å². The van der Waals surface area contributed by atoms with E-state index in [1.54, 1.807) is 17.4 Å². The SMILES string of the molecule is Cc1ccc(Cc2csc(N3CCN(S(=O)(=O)c4ccc(F)cc4)CC3)n2)cc1C.O=S(=O)(c1ccc(F)cc1)N1CCN(c2nc(Cc3ccc(Cl)c(Cl)c3)cs2)CC1. The van der Waals surface area contributed by atoms with Crippen LogP contribution in [0.5, 0.6) is 0 Å². The van der Waals surface area contributed by atoms with Gasteiger partial charge in [0.15, 0.2) is 10.3 Å². The van der Waals surface area contributed by atoms with Gasteiger partial charge < -0.3 is 9.80 Å². The molecule has 0 radical (unpaired) electrons. The number of nitrogens with zero attached hydrogens (tertiary/aromatic N) is 6. The molecule has 2 aromatic heterocycles. The van der Waals surface area contributed by atoms with E-state index in [0.717, 1.165) is 45.8 Å². The van der Waals surface area contributed by atoms with E-state index in [0.29, 0.717) is 68.8 Å². The highest BCUT2D eigenvalue weighted by atomic mass is 35.5. The summed E-state index contributed by atoms with van der Waals surface area (Å²) in [5, 5.41) is 6.90. The Hall–Kier alpha value is -4.00. The minimum absolute atomic E-state index is 0.107. The summed E-state index contributed by atoms with van der Waals surface area (Å²) < 4.78 is 80.2. The first-order valence-electron chi connectivity index (χ1n) is 19.1. The Labute approximate surface area is 367 Å². The molecule has 2 saturated heterocycles. The summed E-state index contributed by atoms with van der Waals surface area (Å²) in [6, 6.07) is 21.9. The van der Waals surface area contributed by atoms with E-state index in [2.05, 4.69) is 47.2 Å². The van der Waals surface area contributed by atoms with Crippen LogP contribution < -0.4 is 9.80 Å². The number of aromatic nitrogens is 2. The van der Waals surface area contributed by atoms with Gasteiger partial charge in [0, 0.05) is 76.0 Å². The molecule has 8 rings (SSSR count). The van der Waals surface area contributed by atoms with E-state index in [1.807, 2.05) is 17.5 Å². The van der Waals surface area contributed by atoms with Crippen molar-refractivity contribution in [1.29, 1.82) is 0 Å². The lowest BCUT2D eigenvalue weighted by Crippen LogP contribution is -2.48. The molecule has 2 aliphatic heterocycles. The van der Waals surface area contributed by atoms with Crippen LogP contribution in [0, 0.1) is 25.5 Å². The summed E-state index contributed by atoms with van der Waals surface area (Å²) in [6.45, 7) is 7.93. The van der Waals surface area contributed by atoms with E-state index in [4.69, 9.17) is 33.2 Å². The largest absolute Gasteiger partial charge is 0.345 e. The van der Waals surface area contributed by atoms with Gasteiger partial charge in [-0.1, -0.05) is 47.5 Å². The Morgan fingerprint density at radius 2 is 0.967 bits per heavy atom. The van der Waals surface area contributed by atoms with Crippen molar-refractivity contribution in [1.82, 2.24) is 18.6 Å². The fourth-order valence-electron chi connectivity index (χ4n) is 6.78. The van der Waals surface area contributed by atoms with Gasteiger partial charge in [0.05, 0.1) is 31.2 Å². The summed E-state index contributed by atoms with van der Waals surface area (Å²) >= 11 is 15.2. The molecule has 0 bridgehead atoms. The average molecular weight is 932 g/mol. The minimum Gasteiger partial charge on any atom is -0.345 e. The summed E-state index contributed by atoms with van der Waals surface area (Å²) in [5.74, 6) is -0.904. The number of halogens is 4. The van der Waals surface area contributed by atoms with E-state index in [-0.39, 0.29) is 9.79 Å². The molecular weight excluding hydrogens is 890 g/mol. The summed E-state index contributed by atoms with van der Waals surface area (Å²) in [6.07, 6.45) is 1.43. The average Bonchev–Trinajstić information content (AvgIpc) is 3.91. The monoisotopic (exact) mass is 930 g/mol. The second-order valence-electron chi connectivity index (χ2n) is 14.5. The number of thiazole rings is 2. The lowest BCUT2D eigenvalue weighted by Gasteiger charge is -2.33. The zero-order chi connectivity index (χ0) is 42.6. The first kappa shape index (κ1) is 44.1. The van der Waals surface area contributed by atoms with Crippen molar-refractivity contribution < 1.29 is 25.6 Å². The molecule has 0 atom stereocenters. The molecule has 18 heteroatoms. The van der Waals surface area contributed by atoms with Crippen LogP contribution in [-0.2, 0) is 32.9 Å². The van der Waals surface area contributed by atoms with Crippen LogP contribution in [0.4, 0.5) is 19.0 Å². The highest BCUT2D eigenvalue weighted by molar-refractivity contribution is 7.89. The lowest BCUT2D eigenvalue weighted by atomic mass is 10.0. The molecule has 4 aromatic carbocycles. The molecule has 0 amide bonds. The van der Waals surface area contributed by atoms with Gasteiger partial charge in [-0.2, -0.15) is 8.61 Å². The normalized spacial score (nSPS) is 15.5. The van der Waals surface area contributed by atoms with Gasteiger partial charge in [-0.05, 0) is 96.8 Å². The van der Waals surface area contributed by atoms with Gasteiger partial charge in [-0.15, -0.1) is 22.7 Å². The second kappa shape index (κ2) is 18.9. The molecule has 316 valence electrons. The number of aryl methyl sites for hydroxylation is 2. The van der Waals surface area contributed by atoms with Crippen molar-refractivity contribution in [2.24, 2.45) is 0 Å². The van der Waals surface area contributed by atoms with Crippen LogP contribution in [0.25, 0.3) is 0 Å². The molecule has 0 unspecified atom stereocenters. The topological polar surface area (TPSA) is 107 Å². The molecule has 2 fully saturated rings. The number of anilines is 2. The summed E-state index contributed by atoms with van der Waals surface area (Å²) in [4.78, 5) is 13.9. The zero-order valence-electron chi connectivity index (χ0n) is 32.8. The second-order valence-corrected chi connectivity index (χ2v) is 20.8. The molecule has 0 spiro atoms. The molecule has 2 aliphatic rings. The Bertz CT molecular complexity index is 2470. The molecule has 6 aromatic rings. The van der Waals surface area contributed by atoms with Crippen LogP contribution in [0.2, 0.25) is 10.0 Å². The fourth-order valence-corrected chi connectivity index (χ4v) is 11.7. The molecule has 60 heavy (non-hydrogen) atoms. The van der Waals surface area contributed by atoms with Crippen molar-refractivity contribution in [3.8, 4) is 0 Å². The van der Waals surface area contributed by atoms with Crippen molar-refractivity contribution in [2.45, 2.75) is 36.5 Å². The number of piperazine rings is 2. The minimum atomic E-state index is -3.63. The van der Waals surface area contributed by atoms with Crippen molar-refractivity contribution >= 4 is 76.2 Å². The van der Waals surface area contributed by atoms with Gasteiger partial charge in [0.2, 0.25) is 20.0 Å². The third-order valence-corrected chi connectivity index (χ3v) is 16.8. The zero-order valence-corrected chi connectivity index (χ0v) is 37.5. The molecule has 0 aliphatic carbocycles. The highest BCUT2D eigenvalue weighted by Gasteiger charge is 2.31. The number of benzene rings is 4. The van der Waals surface area contributed by atoms with E-state index in [1.165, 1.54) is 73.0 Å². The van der Waals surface area contributed by atoms with Crippen molar-refractivity contribution in [2.75, 3.05) is 62.2 Å². The van der Waals surface area contributed by atoms with Gasteiger partial charge in [-0.25, -0.2) is 35.6 Å². The predicted molar refractivity (Wildman–Crippen MR) is 237 cm³/mol. The third-order valence-electron chi connectivity index (χ3n) is 10.3. The van der Waals surface area contributed by atoms with Crippen LogP contribution in [0.15, 0.2) is 105 Å². The number of rotatable bonds is 10. The van der Waals surface area contributed by atoms with Crippen LogP contribution >= 0.6 is 45.9 Å². The maximum atomic E-state index is 13.1. The molecule has 0 saturated carbocycles. The standard InChI is InChI=1S/C22H24FN3O2S2.C20H18Cl2FN3O2S2/c1-16-3-4-18(13-17(16)2)14-20-15-29-22(24-20)25-9-11-26(12-10-25)30(27,28)21-7-5-19(23)6-8-21;21-18-6-1-14(12-19(18)22)11-16-13-29-20(24-16)25-7-9-26(10-8-25)30(27,28)17-4-2-15(23)3-5-17/h3-8,13,15H,9-12,14H2,1-2H3;1-6,12-13H,7-11H2. The Morgan fingerprint density at radius 3 is 1.38 bits per heavy atom. The first-order valence-corrected chi connectivity index (χ1v) is 24.5. The molecule has 0 N–H and O–H groups in total. The van der Waals surface area contributed by atoms with Gasteiger partial charge >= 0.3 is 0 Å². The molecule has 4 heterocycles. The van der Waals surface area contributed by atoms with E-state index in [9.17, 15) is 25.6 Å². The van der Waals surface area contributed by atoms with Crippen LogP contribution in [0.3, 0.4) is 0 Å². The van der Waals surface area contributed by atoms with Crippen LogP contribution in [-0.4, -0.2) is 87.8 Å². The smallest absolute Gasteiger partial charge is 0.243 e. The van der Waals surface area contributed by atoms with E-state index >= 15 is 0 Å². The third kappa shape index (κ3) is 10.5. The Kier molecular flexibility index (Phi) is 13.9. The van der Waals surface area contributed by atoms with Crippen molar-refractivity contribution in [3.05, 3.63) is 151 Å². The predicted octanol–water partition coefficient (Wildman–Crippen LogP) is 8.69.